The molecule has 176 valence electrons. The second-order valence-corrected chi connectivity index (χ2v) is 8.53. The molecule has 0 radical (unpaired) electrons. The monoisotopic (exact) mass is 468 g/mol. The summed E-state index contributed by atoms with van der Waals surface area (Å²) < 4.78 is 45.6. The van der Waals surface area contributed by atoms with E-state index in [4.69, 9.17) is 0 Å². The first-order chi connectivity index (χ1) is 16.3. The molecule has 2 aromatic carbocycles. The number of rotatable bonds is 6. The summed E-state index contributed by atoms with van der Waals surface area (Å²) in [6.45, 7) is 3.27. The lowest BCUT2D eigenvalue weighted by Gasteiger charge is -2.42. The first-order valence-electron chi connectivity index (χ1n) is 10.9. The first kappa shape index (κ1) is 22.3. The maximum absolute atomic E-state index is 14.9. The Morgan fingerprint density at radius 3 is 2.65 bits per heavy atom. The highest BCUT2D eigenvalue weighted by Crippen LogP contribution is 2.34. The molecule has 2 atom stereocenters. The molecule has 0 spiro atoms. The molecule has 2 aromatic heterocycles. The maximum atomic E-state index is 14.9. The molecule has 1 aliphatic rings. The summed E-state index contributed by atoms with van der Waals surface area (Å²) in [4.78, 5) is 10.6. The van der Waals surface area contributed by atoms with Crippen LogP contribution in [0.5, 0.6) is 0 Å². The van der Waals surface area contributed by atoms with Gasteiger partial charge in [-0.2, -0.15) is 5.10 Å². The van der Waals surface area contributed by atoms with Crippen molar-refractivity contribution in [3.63, 3.8) is 0 Å². The van der Waals surface area contributed by atoms with Gasteiger partial charge in [0, 0.05) is 42.5 Å². The molecule has 0 unspecified atom stereocenters. The van der Waals surface area contributed by atoms with E-state index in [0.29, 0.717) is 30.9 Å². The van der Waals surface area contributed by atoms with E-state index < -0.39 is 23.3 Å². The first-order valence-corrected chi connectivity index (χ1v) is 10.9. The fourth-order valence-electron chi connectivity index (χ4n) is 4.53. The minimum atomic E-state index is -1.73. The fourth-order valence-corrected chi connectivity index (χ4v) is 4.53. The SMILES string of the molecule is C[C@@H](N1CCn2cc(-c3cccc(F)c3)nc2C1)[C@](O)(Cn1cncn1)c1ccc(F)cc1F. The van der Waals surface area contributed by atoms with Gasteiger partial charge >= 0.3 is 0 Å². The average molecular weight is 468 g/mol. The number of hydrogen-bond acceptors (Lipinski definition) is 5. The van der Waals surface area contributed by atoms with Crippen LogP contribution in [-0.4, -0.2) is 46.9 Å². The zero-order valence-electron chi connectivity index (χ0n) is 18.4. The third-order valence-electron chi connectivity index (χ3n) is 6.46. The minimum absolute atomic E-state index is 0.0220. The Morgan fingerprint density at radius 2 is 1.91 bits per heavy atom. The average Bonchev–Trinajstić information content (AvgIpc) is 3.47. The van der Waals surface area contributed by atoms with Crippen molar-refractivity contribution in [3.05, 3.63) is 90.2 Å². The van der Waals surface area contributed by atoms with Crippen LogP contribution in [0.25, 0.3) is 11.3 Å². The Bertz CT molecular complexity index is 1310. The van der Waals surface area contributed by atoms with Gasteiger partial charge < -0.3 is 9.67 Å². The Hall–Kier alpha value is -3.50. The molecule has 3 heterocycles. The van der Waals surface area contributed by atoms with Gasteiger partial charge in [-0.15, -0.1) is 0 Å². The number of fused-ring (bicyclic) bond motifs is 1. The highest BCUT2D eigenvalue weighted by atomic mass is 19.1. The molecule has 1 N–H and O–H groups in total. The Balaban J connectivity index is 1.46. The van der Waals surface area contributed by atoms with Gasteiger partial charge in [-0.1, -0.05) is 18.2 Å². The smallest absolute Gasteiger partial charge is 0.137 e. The number of benzene rings is 2. The molecule has 0 fully saturated rings. The molecule has 4 aromatic rings. The highest BCUT2D eigenvalue weighted by Gasteiger charge is 2.43. The molecule has 10 heteroatoms. The number of halogens is 3. The van der Waals surface area contributed by atoms with Crippen LogP contribution in [0.3, 0.4) is 0 Å². The molecular formula is C24H23F3N6O. The van der Waals surface area contributed by atoms with Crippen molar-refractivity contribution >= 4 is 0 Å². The lowest BCUT2D eigenvalue weighted by molar-refractivity contribution is -0.0709. The van der Waals surface area contributed by atoms with E-state index in [2.05, 4.69) is 15.1 Å². The third-order valence-corrected chi connectivity index (χ3v) is 6.46. The van der Waals surface area contributed by atoms with Crippen molar-refractivity contribution in [2.75, 3.05) is 6.54 Å². The van der Waals surface area contributed by atoms with Crippen LogP contribution in [0.1, 0.15) is 18.3 Å². The molecule has 1 aliphatic heterocycles. The molecule has 0 aliphatic carbocycles. The quantitative estimate of drug-likeness (QED) is 0.470. The Morgan fingerprint density at radius 1 is 1.09 bits per heavy atom. The highest BCUT2D eigenvalue weighted by molar-refractivity contribution is 5.58. The van der Waals surface area contributed by atoms with E-state index in [1.807, 2.05) is 15.7 Å². The normalized spacial score (nSPS) is 16.7. The Labute approximate surface area is 194 Å². The number of imidazole rings is 1. The van der Waals surface area contributed by atoms with E-state index >= 15 is 0 Å². The zero-order chi connectivity index (χ0) is 23.9. The third kappa shape index (κ3) is 4.10. The van der Waals surface area contributed by atoms with Crippen molar-refractivity contribution in [3.8, 4) is 11.3 Å². The van der Waals surface area contributed by atoms with Gasteiger partial charge in [0.25, 0.3) is 0 Å². The molecule has 0 saturated carbocycles. The van der Waals surface area contributed by atoms with Gasteiger partial charge in [-0.25, -0.2) is 27.8 Å². The van der Waals surface area contributed by atoms with Crippen LogP contribution in [0.2, 0.25) is 0 Å². The number of nitrogens with zero attached hydrogens (tertiary/aromatic N) is 6. The molecule has 0 saturated heterocycles. The summed E-state index contributed by atoms with van der Waals surface area (Å²) in [6.07, 6.45) is 4.65. The second-order valence-electron chi connectivity index (χ2n) is 8.53. The van der Waals surface area contributed by atoms with E-state index in [1.165, 1.54) is 35.5 Å². The molecule has 0 amide bonds. The molecule has 5 rings (SSSR count). The van der Waals surface area contributed by atoms with E-state index in [1.54, 1.807) is 19.1 Å². The van der Waals surface area contributed by atoms with Gasteiger partial charge in [0.2, 0.25) is 0 Å². The van der Waals surface area contributed by atoms with Gasteiger partial charge in [0.05, 0.1) is 18.8 Å². The fraction of sp³-hybridized carbons (Fsp3) is 0.292. The maximum Gasteiger partial charge on any atom is 0.137 e. The minimum Gasteiger partial charge on any atom is -0.381 e. The Kier molecular flexibility index (Phi) is 5.70. The van der Waals surface area contributed by atoms with E-state index in [-0.39, 0.29) is 17.9 Å². The van der Waals surface area contributed by atoms with Crippen LogP contribution < -0.4 is 0 Å². The topological polar surface area (TPSA) is 72.0 Å². The van der Waals surface area contributed by atoms with Crippen molar-refractivity contribution in [2.24, 2.45) is 0 Å². The number of hydrogen-bond donors (Lipinski definition) is 1. The summed E-state index contributed by atoms with van der Waals surface area (Å²) in [5, 5.41) is 15.9. The largest absolute Gasteiger partial charge is 0.381 e. The molecular weight excluding hydrogens is 445 g/mol. The van der Waals surface area contributed by atoms with Crippen LogP contribution in [0, 0.1) is 17.5 Å². The van der Waals surface area contributed by atoms with Crippen molar-refractivity contribution in [2.45, 2.75) is 38.2 Å². The summed E-state index contributed by atoms with van der Waals surface area (Å²) in [5.41, 5.74) is -0.415. The van der Waals surface area contributed by atoms with Crippen molar-refractivity contribution in [1.29, 1.82) is 0 Å². The molecule has 34 heavy (non-hydrogen) atoms. The second kappa shape index (κ2) is 8.69. The predicted molar refractivity (Wildman–Crippen MR) is 118 cm³/mol. The lowest BCUT2D eigenvalue weighted by Crippen LogP contribution is -2.53. The van der Waals surface area contributed by atoms with Gasteiger partial charge in [-0.3, -0.25) is 4.90 Å². The van der Waals surface area contributed by atoms with Gasteiger partial charge in [-0.05, 0) is 25.1 Å². The van der Waals surface area contributed by atoms with Crippen LogP contribution >= 0.6 is 0 Å². The number of aliphatic hydroxyl groups is 1. The van der Waals surface area contributed by atoms with Crippen LogP contribution in [0.15, 0.2) is 61.3 Å². The van der Waals surface area contributed by atoms with Crippen molar-refractivity contribution < 1.29 is 18.3 Å². The summed E-state index contributed by atoms with van der Waals surface area (Å²) in [6, 6.07) is 8.83. The number of aromatic nitrogens is 5. The molecule has 7 nitrogen and oxygen atoms in total. The zero-order valence-corrected chi connectivity index (χ0v) is 18.4. The van der Waals surface area contributed by atoms with E-state index in [9.17, 15) is 18.3 Å². The van der Waals surface area contributed by atoms with Gasteiger partial charge in [0.1, 0.15) is 41.5 Å². The summed E-state index contributed by atoms with van der Waals surface area (Å²) in [7, 11) is 0. The standard InChI is InChI=1S/C24H23F3N6O/c1-16(24(34,13-33-15-28-14-29-33)20-6-5-19(26)10-21(20)27)31-7-8-32-11-22(30-23(32)12-31)17-3-2-4-18(25)9-17/h2-6,9-11,14-16,34H,7-8,12-13H2,1H3/t16-,24-/m1/s1. The lowest BCUT2D eigenvalue weighted by atomic mass is 9.85. The van der Waals surface area contributed by atoms with Crippen LogP contribution in [-0.2, 0) is 25.2 Å². The van der Waals surface area contributed by atoms with Crippen LogP contribution in [0.4, 0.5) is 13.2 Å². The van der Waals surface area contributed by atoms with E-state index in [0.717, 1.165) is 18.0 Å². The van der Waals surface area contributed by atoms with Crippen molar-refractivity contribution in [1.82, 2.24) is 29.2 Å². The summed E-state index contributed by atoms with van der Waals surface area (Å²) >= 11 is 0. The van der Waals surface area contributed by atoms with Gasteiger partial charge in [0.15, 0.2) is 0 Å². The predicted octanol–water partition coefficient (Wildman–Crippen LogP) is 3.35. The molecule has 0 bridgehead atoms. The summed E-state index contributed by atoms with van der Waals surface area (Å²) in [5.74, 6) is -1.14.